The molecule has 1 aliphatic heterocycles. The molecule has 0 saturated heterocycles. The van der Waals surface area contributed by atoms with Crippen molar-refractivity contribution < 1.29 is 9.66 Å². The van der Waals surface area contributed by atoms with E-state index in [0.717, 1.165) is 5.56 Å². The van der Waals surface area contributed by atoms with Crippen molar-refractivity contribution in [2.45, 2.75) is 46.4 Å². The lowest BCUT2D eigenvalue weighted by atomic mass is 9.93. The van der Waals surface area contributed by atoms with E-state index in [1.54, 1.807) is 12.3 Å². The molecule has 0 fully saturated rings. The molecule has 1 aliphatic rings. The van der Waals surface area contributed by atoms with Crippen LogP contribution < -0.4 is 5.32 Å². The number of rotatable bonds is 8. The third kappa shape index (κ3) is 4.61. The summed E-state index contributed by atoms with van der Waals surface area (Å²) in [6.07, 6.45) is 2.83. The van der Waals surface area contributed by atoms with E-state index in [-0.39, 0.29) is 22.8 Å². The Hall–Kier alpha value is -1.86. The van der Waals surface area contributed by atoms with Crippen LogP contribution in [0.3, 0.4) is 0 Å². The summed E-state index contributed by atoms with van der Waals surface area (Å²) < 4.78 is 5.84. The highest BCUT2D eigenvalue weighted by molar-refractivity contribution is 6.29. The molecule has 2 rings (SSSR count). The number of allylic oxidation sites excluding steroid dienone is 1. The molecular formula is C17H25ClN4O3. The Morgan fingerprint density at radius 3 is 2.72 bits per heavy atom. The number of nitrogens with zero attached hydrogens (tertiary/aromatic N) is 3. The standard InChI is InChI=1S/C17H25ClN4O3/c1-4-13-9-15(25-6-3)21(5-2)17(16(13)22(23)24)20-11-12-7-8-14(18)19-10-12/h7-8,10,13,15,20H,4-6,9,11H2,1-3H3. The molecule has 0 aliphatic carbocycles. The van der Waals surface area contributed by atoms with Crippen molar-refractivity contribution in [1.29, 1.82) is 0 Å². The first-order valence-electron chi connectivity index (χ1n) is 8.62. The third-order valence-corrected chi connectivity index (χ3v) is 4.61. The van der Waals surface area contributed by atoms with Gasteiger partial charge in [-0.1, -0.05) is 24.6 Å². The van der Waals surface area contributed by atoms with Gasteiger partial charge >= 0.3 is 0 Å². The number of nitro groups is 1. The maximum Gasteiger partial charge on any atom is 0.289 e. The minimum absolute atomic E-state index is 0.139. The van der Waals surface area contributed by atoms with Crippen molar-refractivity contribution >= 4 is 11.6 Å². The average Bonchev–Trinajstić information content (AvgIpc) is 2.60. The van der Waals surface area contributed by atoms with E-state index >= 15 is 0 Å². The van der Waals surface area contributed by atoms with Gasteiger partial charge in [-0.25, -0.2) is 4.98 Å². The Morgan fingerprint density at radius 1 is 1.44 bits per heavy atom. The quantitative estimate of drug-likeness (QED) is 0.430. The number of hydrogen-bond acceptors (Lipinski definition) is 6. The van der Waals surface area contributed by atoms with Gasteiger partial charge in [-0.05, 0) is 31.9 Å². The van der Waals surface area contributed by atoms with Crippen LogP contribution >= 0.6 is 11.6 Å². The van der Waals surface area contributed by atoms with Crippen molar-refractivity contribution in [3.63, 3.8) is 0 Å². The molecule has 25 heavy (non-hydrogen) atoms. The second-order valence-corrected chi connectivity index (χ2v) is 6.26. The Bertz CT molecular complexity index is 621. The summed E-state index contributed by atoms with van der Waals surface area (Å²) >= 11 is 5.81. The van der Waals surface area contributed by atoms with Crippen LogP contribution in [0.2, 0.25) is 5.15 Å². The lowest BCUT2D eigenvalue weighted by Crippen LogP contribution is -2.48. The highest BCUT2D eigenvalue weighted by Crippen LogP contribution is 2.33. The SMILES string of the molecule is CCOC1CC(CC)C([N+](=O)[O-])=C(NCc2ccc(Cl)nc2)N1CC. The summed E-state index contributed by atoms with van der Waals surface area (Å²) in [5.41, 5.74) is 1.14. The molecule has 1 N–H and O–H groups in total. The van der Waals surface area contributed by atoms with Gasteiger partial charge in [0.05, 0.1) is 10.8 Å². The molecule has 1 aromatic rings. The molecule has 0 bridgehead atoms. The molecule has 7 nitrogen and oxygen atoms in total. The Morgan fingerprint density at radius 2 is 2.20 bits per heavy atom. The number of nitrogens with one attached hydrogen (secondary N) is 1. The molecule has 0 aromatic carbocycles. The normalized spacial score (nSPS) is 20.7. The zero-order valence-electron chi connectivity index (χ0n) is 14.9. The van der Waals surface area contributed by atoms with Gasteiger partial charge in [-0.3, -0.25) is 10.1 Å². The fourth-order valence-corrected chi connectivity index (χ4v) is 3.28. The number of halogens is 1. The van der Waals surface area contributed by atoms with E-state index in [1.807, 2.05) is 31.7 Å². The van der Waals surface area contributed by atoms with Crippen LogP contribution in [0.15, 0.2) is 29.8 Å². The highest BCUT2D eigenvalue weighted by Gasteiger charge is 2.40. The summed E-state index contributed by atoms with van der Waals surface area (Å²) in [6.45, 7) is 7.51. The monoisotopic (exact) mass is 368 g/mol. The lowest BCUT2D eigenvalue weighted by Gasteiger charge is -2.39. The molecule has 138 valence electrons. The summed E-state index contributed by atoms with van der Waals surface area (Å²) in [4.78, 5) is 17.5. The van der Waals surface area contributed by atoms with Crippen LogP contribution in [0.4, 0.5) is 0 Å². The smallest absolute Gasteiger partial charge is 0.289 e. The van der Waals surface area contributed by atoms with Gasteiger partial charge in [0.25, 0.3) is 5.70 Å². The summed E-state index contributed by atoms with van der Waals surface area (Å²) in [7, 11) is 0. The van der Waals surface area contributed by atoms with Gasteiger partial charge in [-0.15, -0.1) is 0 Å². The van der Waals surface area contributed by atoms with E-state index < -0.39 is 0 Å². The fourth-order valence-electron chi connectivity index (χ4n) is 3.16. The van der Waals surface area contributed by atoms with E-state index in [2.05, 4.69) is 10.3 Å². The van der Waals surface area contributed by atoms with Crippen LogP contribution in [0, 0.1) is 16.0 Å². The van der Waals surface area contributed by atoms with Gasteiger partial charge in [0.15, 0.2) is 5.82 Å². The van der Waals surface area contributed by atoms with Crippen LogP contribution in [0.5, 0.6) is 0 Å². The Kier molecular flexibility index (Phi) is 7.01. The van der Waals surface area contributed by atoms with Crippen LogP contribution in [0.25, 0.3) is 0 Å². The number of hydrogen-bond donors (Lipinski definition) is 1. The molecule has 2 heterocycles. The summed E-state index contributed by atoms with van der Waals surface area (Å²) in [5.74, 6) is 0.402. The molecule has 2 unspecified atom stereocenters. The van der Waals surface area contributed by atoms with Gasteiger partial charge < -0.3 is 15.0 Å². The van der Waals surface area contributed by atoms with Crippen LogP contribution in [-0.2, 0) is 11.3 Å². The first kappa shape index (κ1) is 19.5. The minimum Gasteiger partial charge on any atom is -0.362 e. The van der Waals surface area contributed by atoms with Crippen molar-refractivity contribution in [3.05, 3.63) is 50.7 Å². The van der Waals surface area contributed by atoms with Gasteiger partial charge in [0.1, 0.15) is 11.4 Å². The van der Waals surface area contributed by atoms with Crippen molar-refractivity contribution in [1.82, 2.24) is 15.2 Å². The topological polar surface area (TPSA) is 80.5 Å². The molecule has 2 atom stereocenters. The molecule has 8 heteroatoms. The maximum atomic E-state index is 11.7. The lowest BCUT2D eigenvalue weighted by molar-refractivity contribution is -0.440. The van der Waals surface area contributed by atoms with Crippen LogP contribution in [0.1, 0.15) is 39.2 Å². The largest absolute Gasteiger partial charge is 0.362 e. The van der Waals surface area contributed by atoms with E-state index in [0.29, 0.717) is 43.5 Å². The van der Waals surface area contributed by atoms with Crippen molar-refractivity contribution in [2.24, 2.45) is 5.92 Å². The summed E-state index contributed by atoms with van der Waals surface area (Å²) in [5, 5.41) is 15.4. The zero-order chi connectivity index (χ0) is 18.4. The Balaban J connectivity index is 2.32. The number of ether oxygens (including phenoxy) is 1. The molecular weight excluding hydrogens is 344 g/mol. The number of aromatic nitrogens is 1. The van der Waals surface area contributed by atoms with Crippen molar-refractivity contribution in [2.75, 3.05) is 13.2 Å². The van der Waals surface area contributed by atoms with E-state index in [9.17, 15) is 10.1 Å². The molecule has 0 saturated carbocycles. The third-order valence-electron chi connectivity index (χ3n) is 4.39. The second-order valence-electron chi connectivity index (χ2n) is 5.87. The van der Waals surface area contributed by atoms with E-state index in [1.165, 1.54) is 0 Å². The van der Waals surface area contributed by atoms with Gasteiger partial charge in [0, 0.05) is 32.3 Å². The first-order chi connectivity index (χ1) is 12.0. The predicted molar refractivity (Wildman–Crippen MR) is 96.3 cm³/mol. The molecule has 0 spiro atoms. The first-order valence-corrected chi connectivity index (χ1v) is 9.00. The molecule has 1 aromatic heterocycles. The molecule has 0 amide bonds. The Labute approximate surface area is 153 Å². The van der Waals surface area contributed by atoms with Gasteiger partial charge in [0.2, 0.25) is 0 Å². The summed E-state index contributed by atoms with van der Waals surface area (Å²) in [6, 6.07) is 3.56. The fraction of sp³-hybridized carbons (Fsp3) is 0.588. The van der Waals surface area contributed by atoms with Crippen LogP contribution in [-0.4, -0.2) is 34.2 Å². The van der Waals surface area contributed by atoms with E-state index in [4.69, 9.17) is 16.3 Å². The maximum absolute atomic E-state index is 11.7. The second kappa shape index (κ2) is 9.01. The highest BCUT2D eigenvalue weighted by atomic mass is 35.5. The number of pyridine rings is 1. The molecule has 0 radical (unpaired) electrons. The minimum atomic E-state index is -0.262. The van der Waals surface area contributed by atoms with Crippen molar-refractivity contribution in [3.8, 4) is 0 Å². The zero-order valence-corrected chi connectivity index (χ0v) is 15.6. The average molecular weight is 369 g/mol. The predicted octanol–water partition coefficient (Wildman–Crippen LogP) is 3.38. The van der Waals surface area contributed by atoms with Gasteiger partial charge in [-0.2, -0.15) is 0 Å².